The van der Waals surface area contributed by atoms with Gasteiger partial charge in [0.15, 0.2) is 0 Å². The molecule has 0 amide bonds. The lowest BCUT2D eigenvalue weighted by molar-refractivity contribution is 0.152. The number of methoxy groups -OCH3 is 1. The monoisotopic (exact) mass is 237 g/mol. The average molecular weight is 237 g/mol. The molecule has 96 valence electrons. The molecule has 0 aromatic heterocycles. The minimum Gasteiger partial charge on any atom is -0.497 e. The lowest BCUT2D eigenvalue weighted by Crippen LogP contribution is -2.33. The molecule has 1 rings (SSSR count). The van der Waals surface area contributed by atoms with E-state index < -0.39 is 0 Å². The molecule has 2 N–H and O–H groups in total. The average Bonchev–Trinajstić information content (AvgIpc) is 2.29. The Kier molecular flexibility index (Phi) is 4.82. The van der Waals surface area contributed by atoms with E-state index in [0.717, 1.165) is 11.5 Å². The van der Waals surface area contributed by atoms with Gasteiger partial charge >= 0.3 is 0 Å². The summed E-state index contributed by atoms with van der Waals surface area (Å²) in [5, 5.41) is 0. The SMILES string of the molecule is COc1ccc(OCC(CN)C(C)(C)C)cc1. The summed E-state index contributed by atoms with van der Waals surface area (Å²) < 4.78 is 10.8. The number of nitrogens with two attached hydrogens (primary N) is 1. The van der Waals surface area contributed by atoms with Gasteiger partial charge in [-0.25, -0.2) is 0 Å². The molecule has 0 fully saturated rings. The van der Waals surface area contributed by atoms with E-state index in [1.807, 2.05) is 24.3 Å². The Morgan fingerprint density at radius 2 is 1.65 bits per heavy atom. The molecule has 1 atom stereocenters. The highest BCUT2D eigenvalue weighted by atomic mass is 16.5. The first-order valence-electron chi connectivity index (χ1n) is 5.94. The van der Waals surface area contributed by atoms with Crippen molar-refractivity contribution in [2.24, 2.45) is 17.1 Å². The number of hydrogen-bond acceptors (Lipinski definition) is 3. The van der Waals surface area contributed by atoms with E-state index in [2.05, 4.69) is 20.8 Å². The third kappa shape index (κ3) is 4.27. The lowest BCUT2D eigenvalue weighted by Gasteiger charge is -2.29. The van der Waals surface area contributed by atoms with Crippen LogP contribution in [0.3, 0.4) is 0 Å². The molecule has 1 aromatic carbocycles. The topological polar surface area (TPSA) is 44.5 Å². The molecule has 0 saturated carbocycles. The van der Waals surface area contributed by atoms with Gasteiger partial charge in [0.05, 0.1) is 13.7 Å². The third-order valence-corrected chi connectivity index (χ3v) is 3.02. The summed E-state index contributed by atoms with van der Waals surface area (Å²) in [6, 6.07) is 7.61. The third-order valence-electron chi connectivity index (χ3n) is 3.02. The molecule has 3 heteroatoms. The minimum absolute atomic E-state index is 0.168. The van der Waals surface area contributed by atoms with Crippen LogP contribution in [0.25, 0.3) is 0 Å². The fraction of sp³-hybridized carbons (Fsp3) is 0.571. The van der Waals surface area contributed by atoms with Crippen LogP contribution in [0, 0.1) is 11.3 Å². The summed E-state index contributed by atoms with van der Waals surface area (Å²) in [4.78, 5) is 0. The number of benzene rings is 1. The van der Waals surface area contributed by atoms with Gasteiger partial charge in [-0.2, -0.15) is 0 Å². The first kappa shape index (κ1) is 13.8. The first-order chi connectivity index (χ1) is 7.97. The van der Waals surface area contributed by atoms with Gasteiger partial charge in [0.1, 0.15) is 11.5 Å². The Morgan fingerprint density at radius 3 is 2.06 bits per heavy atom. The van der Waals surface area contributed by atoms with Crippen LogP contribution in [0.2, 0.25) is 0 Å². The smallest absolute Gasteiger partial charge is 0.119 e. The molecule has 0 bridgehead atoms. The van der Waals surface area contributed by atoms with Crippen molar-refractivity contribution < 1.29 is 9.47 Å². The number of rotatable bonds is 5. The standard InChI is InChI=1S/C14H23NO2/c1-14(2,3)11(9-15)10-17-13-7-5-12(16-4)6-8-13/h5-8,11H,9-10,15H2,1-4H3. The van der Waals surface area contributed by atoms with Crippen molar-refractivity contribution >= 4 is 0 Å². The second kappa shape index (κ2) is 5.92. The molecule has 1 aromatic rings. The predicted molar refractivity (Wildman–Crippen MR) is 70.5 cm³/mol. The zero-order valence-electron chi connectivity index (χ0n) is 11.2. The molecule has 0 heterocycles. The quantitative estimate of drug-likeness (QED) is 0.856. The van der Waals surface area contributed by atoms with Crippen LogP contribution < -0.4 is 15.2 Å². The van der Waals surface area contributed by atoms with Crippen molar-refractivity contribution in [1.29, 1.82) is 0 Å². The summed E-state index contributed by atoms with van der Waals surface area (Å²) in [6.07, 6.45) is 0. The zero-order valence-corrected chi connectivity index (χ0v) is 11.2. The van der Waals surface area contributed by atoms with E-state index in [4.69, 9.17) is 15.2 Å². The van der Waals surface area contributed by atoms with Crippen molar-refractivity contribution in [3.8, 4) is 11.5 Å². The summed E-state index contributed by atoms with van der Waals surface area (Å²) in [5.41, 5.74) is 5.94. The highest BCUT2D eigenvalue weighted by Gasteiger charge is 2.23. The molecular weight excluding hydrogens is 214 g/mol. The van der Waals surface area contributed by atoms with Crippen LogP contribution in [0.5, 0.6) is 11.5 Å². The summed E-state index contributed by atoms with van der Waals surface area (Å²) >= 11 is 0. The van der Waals surface area contributed by atoms with Crippen LogP contribution in [0.1, 0.15) is 20.8 Å². The van der Waals surface area contributed by atoms with E-state index >= 15 is 0 Å². The molecule has 1 unspecified atom stereocenters. The molecule has 3 nitrogen and oxygen atoms in total. The summed E-state index contributed by atoms with van der Waals surface area (Å²) in [5.74, 6) is 2.04. The number of hydrogen-bond donors (Lipinski definition) is 1. The second-order valence-corrected chi connectivity index (χ2v) is 5.29. The number of ether oxygens (including phenoxy) is 2. The van der Waals surface area contributed by atoms with E-state index in [-0.39, 0.29) is 5.41 Å². The maximum atomic E-state index is 5.77. The van der Waals surface area contributed by atoms with Crippen molar-refractivity contribution in [3.05, 3.63) is 24.3 Å². The van der Waals surface area contributed by atoms with Crippen LogP contribution in [0.4, 0.5) is 0 Å². The van der Waals surface area contributed by atoms with E-state index in [9.17, 15) is 0 Å². The van der Waals surface area contributed by atoms with Gasteiger partial charge in [0.25, 0.3) is 0 Å². The molecule has 0 aliphatic rings. The minimum atomic E-state index is 0.168. The maximum absolute atomic E-state index is 5.77. The van der Waals surface area contributed by atoms with Gasteiger partial charge in [-0.3, -0.25) is 0 Å². The fourth-order valence-corrected chi connectivity index (χ4v) is 1.54. The van der Waals surface area contributed by atoms with E-state index in [1.165, 1.54) is 0 Å². The Hall–Kier alpha value is -1.22. The lowest BCUT2D eigenvalue weighted by atomic mass is 9.81. The van der Waals surface area contributed by atoms with Gasteiger partial charge < -0.3 is 15.2 Å². The van der Waals surface area contributed by atoms with Gasteiger partial charge in [-0.1, -0.05) is 20.8 Å². The molecule has 0 aliphatic carbocycles. The van der Waals surface area contributed by atoms with Gasteiger partial charge in [0.2, 0.25) is 0 Å². The Bertz CT molecular complexity index is 327. The molecular formula is C14H23NO2. The summed E-state index contributed by atoms with van der Waals surface area (Å²) in [6.45, 7) is 7.83. The predicted octanol–water partition coefficient (Wildman–Crippen LogP) is 2.70. The van der Waals surface area contributed by atoms with Crippen LogP contribution >= 0.6 is 0 Å². The van der Waals surface area contributed by atoms with Crippen LogP contribution in [0.15, 0.2) is 24.3 Å². The second-order valence-electron chi connectivity index (χ2n) is 5.29. The van der Waals surface area contributed by atoms with Crippen LogP contribution in [-0.4, -0.2) is 20.3 Å². The Labute approximate surface area is 104 Å². The highest BCUT2D eigenvalue weighted by molar-refractivity contribution is 5.31. The normalized spacial score (nSPS) is 13.2. The Balaban J connectivity index is 2.54. The highest BCUT2D eigenvalue weighted by Crippen LogP contribution is 2.26. The molecule has 0 saturated heterocycles. The van der Waals surface area contributed by atoms with Crippen molar-refractivity contribution in [3.63, 3.8) is 0 Å². The fourth-order valence-electron chi connectivity index (χ4n) is 1.54. The molecule has 0 spiro atoms. The molecule has 17 heavy (non-hydrogen) atoms. The molecule has 0 aliphatic heterocycles. The maximum Gasteiger partial charge on any atom is 0.119 e. The van der Waals surface area contributed by atoms with Gasteiger partial charge in [-0.15, -0.1) is 0 Å². The zero-order chi connectivity index (χ0) is 12.9. The van der Waals surface area contributed by atoms with E-state index in [1.54, 1.807) is 7.11 Å². The van der Waals surface area contributed by atoms with Crippen LogP contribution in [-0.2, 0) is 0 Å². The van der Waals surface area contributed by atoms with Crippen molar-refractivity contribution in [2.45, 2.75) is 20.8 Å². The molecule has 0 radical (unpaired) electrons. The van der Waals surface area contributed by atoms with Crippen molar-refractivity contribution in [1.82, 2.24) is 0 Å². The first-order valence-corrected chi connectivity index (χ1v) is 5.94. The van der Waals surface area contributed by atoms with E-state index in [0.29, 0.717) is 19.1 Å². The van der Waals surface area contributed by atoms with Gasteiger partial charge in [0, 0.05) is 5.92 Å². The largest absolute Gasteiger partial charge is 0.497 e. The Morgan fingerprint density at radius 1 is 1.12 bits per heavy atom. The van der Waals surface area contributed by atoms with Crippen molar-refractivity contribution in [2.75, 3.05) is 20.3 Å². The van der Waals surface area contributed by atoms with Gasteiger partial charge in [-0.05, 0) is 36.2 Å². The summed E-state index contributed by atoms with van der Waals surface area (Å²) in [7, 11) is 1.65.